The molecule has 178 valence electrons. The predicted molar refractivity (Wildman–Crippen MR) is 134 cm³/mol. The molecular formula is C24H22N6O3S2. The zero-order chi connectivity index (χ0) is 24.7. The second kappa shape index (κ2) is 8.82. The van der Waals surface area contributed by atoms with Crippen molar-refractivity contribution in [3.63, 3.8) is 0 Å². The van der Waals surface area contributed by atoms with E-state index in [1.165, 1.54) is 16.4 Å². The number of benzene rings is 1. The third-order valence-corrected chi connectivity index (χ3v) is 8.03. The van der Waals surface area contributed by atoms with Crippen LogP contribution in [0.5, 0.6) is 0 Å². The maximum Gasteiger partial charge on any atom is 0.269 e. The average molecular weight is 507 g/mol. The molecule has 0 aliphatic rings. The lowest BCUT2D eigenvalue weighted by Crippen LogP contribution is -2.12. The molecule has 0 radical (unpaired) electrons. The van der Waals surface area contributed by atoms with Crippen LogP contribution in [0, 0.1) is 6.92 Å². The lowest BCUT2D eigenvalue weighted by Gasteiger charge is -2.10. The Morgan fingerprint density at radius 2 is 1.71 bits per heavy atom. The number of hydrogen-bond donors (Lipinski definition) is 0. The van der Waals surface area contributed by atoms with Gasteiger partial charge < -0.3 is 0 Å². The van der Waals surface area contributed by atoms with Gasteiger partial charge in [0.2, 0.25) is 5.16 Å². The molecule has 0 aliphatic heterocycles. The second-order valence-electron chi connectivity index (χ2n) is 7.93. The van der Waals surface area contributed by atoms with Crippen LogP contribution in [-0.2, 0) is 27.4 Å². The highest BCUT2D eigenvalue weighted by molar-refractivity contribution is 7.90. The van der Waals surface area contributed by atoms with Crippen molar-refractivity contribution in [2.75, 3.05) is 6.26 Å². The maximum atomic E-state index is 13.3. The molecule has 1 unspecified atom stereocenters. The van der Waals surface area contributed by atoms with Crippen molar-refractivity contribution in [2.45, 2.75) is 30.4 Å². The van der Waals surface area contributed by atoms with E-state index in [9.17, 15) is 12.6 Å². The smallest absolute Gasteiger partial charge is 0.264 e. The maximum absolute atomic E-state index is 13.3. The molecule has 4 heterocycles. The van der Waals surface area contributed by atoms with Crippen molar-refractivity contribution >= 4 is 31.9 Å². The van der Waals surface area contributed by atoms with Gasteiger partial charge >= 0.3 is 0 Å². The first-order valence-corrected chi connectivity index (χ1v) is 13.8. The number of aromatic nitrogens is 6. The van der Waals surface area contributed by atoms with Crippen molar-refractivity contribution in [1.82, 2.24) is 28.7 Å². The standard InChI is InChI=1S/C24H22N6O3S2/c1-4-29-22(10-13-26-29)21-15-20(27-24(28-21)34(3)31)18-9-12-25-23-19(18)11-14-30(23)35(32,33)17-7-5-16(2)6-8-17/h5-15H,4H2,1-3H3. The summed E-state index contributed by atoms with van der Waals surface area (Å²) >= 11 is 0. The number of pyridine rings is 1. The second-order valence-corrected chi connectivity index (χ2v) is 11.0. The van der Waals surface area contributed by atoms with Gasteiger partial charge in [-0.05, 0) is 50.2 Å². The zero-order valence-electron chi connectivity index (χ0n) is 19.3. The Kier molecular flexibility index (Phi) is 5.81. The van der Waals surface area contributed by atoms with Crippen molar-refractivity contribution in [3.8, 4) is 22.6 Å². The average Bonchev–Trinajstić information content (AvgIpc) is 3.51. The van der Waals surface area contributed by atoms with Gasteiger partial charge in [0, 0.05) is 42.3 Å². The molecule has 5 aromatic rings. The molecular weight excluding hydrogens is 484 g/mol. The van der Waals surface area contributed by atoms with Gasteiger partial charge in [-0.2, -0.15) is 5.10 Å². The van der Waals surface area contributed by atoms with E-state index in [1.54, 1.807) is 59.5 Å². The van der Waals surface area contributed by atoms with Crippen LogP contribution >= 0.6 is 0 Å². The van der Waals surface area contributed by atoms with Gasteiger partial charge in [-0.15, -0.1) is 0 Å². The van der Waals surface area contributed by atoms with Crippen molar-refractivity contribution in [3.05, 3.63) is 72.7 Å². The third-order valence-electron chi connectivity index (χ3n) is 5.65. The fourth-order valence-corrected chi connectivity index (χ4v) is 5.64. The van der Waals surface area contributed by atoms with Crippen LogP contribution in [0.4, 0.5) is 0 Å². The van der Waals surface area contributed by atoms with E-state index < -0.39 is 20.8 Å². The summed E-state index contributed by atoms with van der Waals surface area (Å²) < 4.78 is 42.0. The minimum absolute atomic E-state index is 0.175. The summed E-state index contributed by atoms with van der Waals surface area (Å²) in [7, 11) is -5.28. The fourth-order valence-electron chi connectivity index (χ4n) is 3.88. The van der Waals surface area contributed by atoms with Crippen molar-refractivity contribution in [2.24, 2.45) is 0 Å². The molecule has 0 bridgehead atoms. The van der Waals surface area contributed by atoms with Crippen LogP contribution in [0.3, 0.4) is 0 Å². The topological polar surface area (TPSA) is 113 Å². The number of nitrogens with zero attached hydrogens (tertiary/aromatic N) is 6. The van der Waals surface area contributed by atoms with Crippen molar-refractivity contribution in [1.29, 1.82) is 0 Å². The van der Waals surface area contributed by atoms with E-state index in [1.807, 2.05) is 19.9 Å². The molecule has 1 atom stereocenters. The van der Waals surface area contributed by atoms with Crippen molar-refractivity contribution < 1.29 is 12.6 Å². The summed E-state index contributed by atoms with van der Waals surface area (Å²) in [4.78, 5) is 13.6. The van der Waals surface area contributed by atoms with E-state index in [4.69, 9.17) is 0 Å². The SMILES string of the molecule is CCn1nccc1-c1cc(-c2ccnc3c2ccn3S(=O)(=O)c2ccc(C)cc2)nc(S(C)=O)n1. The number of aryl methyl sites for hydroxylation is 2. The number of fused-ring (bicyclic) bond motifs is 1. The normalized spacial score (nSPS) is 12.8. The van der Waals surface area contributed by atoms with E-state index in [0.717, 1.165) is 11.3 Å². The first kappa shape index (κ1) is 23.1. The Morgan fingerprint density at radius 1 is 0.971 bits per heavy atom. The molecule has 0 N–H and O–H groups in total. The van der Waals surface area contributed by atoms with Crippen LogP contribution in [0.2, 0.25) is 0 Å². The Hall–Kier alpha value is -3.70. The molecule has 0 spiro atoms. The highest BCUT2D eigenvalue weighted by Gasteiger charge is 2.22. The first-order chi connectivity index (χ1) is 16.8. The minimum atomic E-state index is -3.85. The molecule has 35 heavy (non-hydrogen) atoms. The number of hydrogen-bond acceptors (Lipinski definition) is 7. The molecule has 11 heteroatoms. The molecule has 0 amide bonds. The van der Waals surface area contributed by atoms with Crippen LogP contribution in [0.25, 0.3) is 33.7 Å². The molecule has 5 rings (SSSR count). The molecule has 0 saturated carbocycles. The predicted octanol–water partition coefficient (Wildman–Crippen LogP) is 3.66. The Labute approximate surface area is 205 Å². The largest absolute Gasteiger partial charge is 0.269 e. The molecule has 9 nitrogen and oxygen atoms in total. The van der Waals surface area contributed by atoms with Gasteiger partial charge in [0.1, 0.15) is 0 Å². The quantitative estimate of drug-likeness (QED) is 0.323. The molecule has 0 saturated heterocycles. The molecule has 0 fully saturated rings. The summed E-state index contributed by atoms with van der Waals surface area (Å²) in [6.07, 6.45) is 6.24. The Morgan fingerprint density at radius 3 is 2.43 bits per heavy atom. The first-order valence-electron chi connectivity index (χ1n) is 10.8. The monoisotopic (exact) mass is 506 g/mol. The number of rotatable bonds is 6. The lowest BCUT2D eigenvalue weighted by molar-refractivity contribution is 0.588. The van der Waals surface area contributed by atoms with E-state index in [-0.39, 0.29) is 15.7 Å². The van der Waals surface area contributed by atoms with Gasteiger partial charge in [0.05, 0.1) is 32.8 Å². The Bertz CT molecular complexity index is 1690. The summed E-state index contributed by atoms with van der Waals surface area (Å²) in [5, 5.41) is 5.08. The lowest BCUT2D eigenvalue weighted by atomic mass is 10.1. The van der Waals surface area contributed by atoms with Gasteiger partial charge in [-0.1, -0.05) is 17.7 Å². The fraction of sp³-hybridized carbons (Fsp3) is 0.167. The summed E-state index contributed by atoms with van der Waals surface area (Å²) in [6.45, 7) is 4.52. The highest BCUT2D eigenvalue weighted by atomic mass is 32.2. The van der Waals surface area contributed by atoms with Gasteiger partial charge in [0.25, 0.3) is 10.0 Å². The minimum Gasteiger partial charge on any atom is -0.264 e. The molecule has 1 aromatic carbocycles. The zero-order valence-corrected chi connectivity index (χ0v) is 20.9. The van der Waals surface area contributed by atoms with E-state index in [0.29, 0.717) is 28.9 Å². The van der Waals surface area contributed by atoms with Gasteiger partial charge in [-0.25, -0.2) is 27.3 Å². The molecule has 4 aromatic heterocycles. The summed E-state index contributed by atoms with van der Waals surface area (Å²) in [5.41, 5.74) is 3.77. The van der Waals surface area contributed by atoms with E-state index >= 15 is 0 Å². The van der Waals surface area contributed by atoms with E-state index in [2.05, 4.69) is 20.1 Å². The van der Waals surface area contributed by atoms with Crippen LogP contribution in [0.15, 0.2) is 77.2 Å². The Balaban J connectivity index is 1.70. The van der Waals surface area contributed by atoms with Gasteiger partial charge in [0.15, 0.2) is 5.65 Å². The molecule has 0 aliphatic carbocycles. The van der Waals surface area contributed by atoms with Crippen LogP contribution in [-0.4, -0.2) is 47.6 Å². The highest BCUT2D eigenvalue weighted by Crippen LogP contribution is 2.31. The summed E-state index contributed by atoms with van der Waals surface area (Å²) in [5.74, 6) is 0. The van der Waals surface area contributed by atoms with Crippen LogP contribution < -0.4 is 0 Å². The van der Waals surface area contributed by atoms with Gasteiger partial charge in [-0.3, -0.25) is 8.89 Å². The summed E-state index contributed by atoms with van der Waals surface area (Å²) in [6, 6.07) is 13.8. The third kappa shape index (κ3) is 4.06. The van der Waals surface area contributed by atoms with Crippen LogP contribution in [0.1, 0.15) is 12.5 Å².